The van der Waals surface area contributed by atoms with Crippen molar-refractivity contribution >= 4 is 5.91 Å². The van der Waals surface area contributed by atoms with Crippen LogP contribution in [-0.2, 0) is 4.79 Å². The highest BCUT2D eigenvalue weighted by atomic mass is 16.2. The molecule has 0 aromatic heterocycles. The molecule has 1 atom stereocenters. The van der Waals surface area contributed by atoms with Gasteiger partial charge in [0.05, 0.1) is 6.04 Å². The first-order valence-electron chi connectivity index (χ1n) is 5.23. The van der Waals surface area contributed by atoms with Crippen molar-refractivity contribution in [2.75, 3.05) is 27.2 Å². The lowest BCUT2D eigenvalue weighted by molar-refractivity contribution is -0.133. The lowest BCUT2D eigenvalue weighted by atomic mass is 10.0. The molecule has 1 fully saturated rings. The molecule has 2 N–H and O–H groups in total. The molecule has 0 saturated carbocycles. The minimum Gasteiger partial charge on any atom is -0.341 e. The molecule has 0 spiro atoms. The summed E-state index contributed by atoms with van der Waals surface area (Å²) in [7, 11) is 3.98. The van der Waals surface area contributed by atoms with Crippen LogP contribution in [0.25, 0.3) is 0 Å². The zero-order valence-corrected chi connectivity index (χ0v) is 9.36. The number of piperidine rings is 1. The van der Waals surface area contributed by atoms with E-state index in [1.54, 1.807) is 6.92 Å². The molecule has 4 nitrogen and oxygen atoms in total. The van der Waals surface area contributed by atoms with Crippen LogP contribution in [0.15, 0.2) is 0 Å². The molecule has 0 aromatic carbocycles. The van der Waals surface area contributed by atoms with Gasteiger partial charge in [0.15, 0.2) is 0 Å². The molecule has 1 aliphatic rings. The Hall–Kier alpha value is -0.610. The number of carbonyl (C=O) groups excluding carboxylic acids is 1. The van der Waals surface area contributed by atoms with Gasteiger partial charge in [0, 0.05) is 13.1 Å². The lowest BCUT2D eigenvalue weighted by Gasteiger charge is -2.35. The van der Waals surface area contributed by atoms with Crippen LogP contribution in [0.3, 0.4) is 0 Å². The summed E-state index contributed by atoms with van der Waals surface area (Å²) in [6.45, 7) is 3.89. The van der Waals surface area contributed by atoms with Crippen LogP contribution in [0.1, 0.15) is 19.8 Å². The van der Waals surface area contributed by atoms with Gasteiger partial charge < -0.3 is 15.5 Å². The maximum absolute atomic E-state index is 11.6. The molecular formula is C10H21N3O. The maximum Gasteiger partial charge on any atom is 0.239 e. The molecule has 82 valence electrons. The Morgan fingerprint density at radius 1 is 1.50 bits per heavy atom. The van der Waals surface area contributed by atoms with Crippen molar-refractivity contribution in [3.8, 4) is 0 Å². The van der Waals surface area contributed by atoms with Crippen LogP contribution in [-0.4, -0.2) is 55.0 Å². The van der Waals surface area contributed by atoms with Crippen LogP contribution in [0.5, 0.6) is 0 Å². The first-order valence-corrected chi connectivity index (χ1v) is 5.23. The number of rotatable bonds is 2. The average molecular weight is 199 g/mol. The monoisotopic (exact) mass is 199 g/mol. The van der Waals surface area contributed by atoms with Crippen molar-refractivity contribution in [3.63, 3.8) is 0 Å². The first-order chi connectivity index (χ1) is 6.52. The molecule has 1 heterocycles. The highest BCUT2D eigenvalue weighted by Crippen LogP contribution is 2.14. The second kappa shape index (κ2) is 4.75. The molecule has 0 aliphatic carbocycles. The van der Waals surface area contributed by atoms with E-state index in [9.17, 15) is 4.79 Å². The minimum atomic E-state index is -0.375. The summed E-state index contributed by atoms with van der Waals surface area (Å²) in [6.07, 6.45) is 2.12. The van der Waals surface area contributed by atoms with E-state index in [-0.39, 0.29) is 11.9 Å². The molecule has 0 aromatic rings. The number of amides is 1. The molecule has 0 radical (unpaired) electrons. The average Bonchev–Trinajstić information content (AvgIpc) is 2.16. The SMILES string of the molecule is CC(N)C(=O)N(C)C1CCN(C)CC1. The summed E-state index contributed by atoms with van der Waals surface area (Å²) >= 11 is 0. The van der Waals surface area contributed by atoms with E-state index < -0.39 is 0 Å². The van der Waals surface area contributed by atoms with Crippen molar-refractivity contribution in [3.05, 3.63) is 0 Å². The standard InChI is InChI=1S/C10H21N3O/c1-8(11)10(14)13(3)9-4-6-12(2)7-5-9/h8-9H,4-7,11H2,1-3H3. The molecule has 1 amide bonds. The Labute approximate surface area is 86.0 Å². The van der Waals surface area contributed by atoms with Crippen molar-refractivity contribution in [2.45, 2.75) is 31.8 Å². The third kappa shape index (κ3) is 2.69. The summed E-state index contributed by atoms with van der Waals surface area (Å²) in [5, 5.41) is 0. The summed E-state index contributed by atoms with van der Waals surface area (Å²) in [6, 6.07) is 0.00403. The predicted molar refractivity (Wildman–Crippen MR) is 56.9 cm³/mol. The van der Waals surface area contributed by atoms with E-state index in [2.05, 4.69) is 11.9 Å². The van der Waals surface area contributed by atoms with Crippen LogP contribution in [0.2, 0.25) is 0 Å². The fraction of sp³-hybridized carbons (Fsp3) is 0.900. The quantitative estimate of drug-likeness (QED) is 0.675. The van der Waals surface area contributed by atoms with Crippen LogP contribution >= 0.6 is 0 Å². The molecule has 14 heavy (non-hydrogen) atoms. The Kier molecular flexibility index (Phi) is 3.89. The van der Waals surface area contributed by atoms with Gasteiger partial charge in [-0.05, 0) is 39.9 Å². The van der Waals surface area contributed by atoms with E-state index in [0.717, 1.165) is 25.9 Å². The normalized spacial score (nSPS) is 22.0. The number of nitrogens with two attached hydrogens (primary N) is 1. The van der Waals surface area contributed by atoms with Gasteiger partial charge >= 0.3 is 0 Å². The highest BCUT2D eigenvalue weighted by Gasteiger charge is 2.25. The first kappa shape index (κ1) is 11.5. The maximum atomic E-state index is 11.6. The number of hydrogen-bond acceptors (Lipinski definition) is 3. The largest absolute Gasteiger partial charge is 0.341 e. The number of likely N-dealkylation sites (tertiary alicyclic amines) is 1. The van der Waals surface area contributed by atoms with Gasteiger partial charge in [0.1, 0.15) is 0 Å². The van der Waals surface area contributed by atoms with Crippen molar-refractivity contribution in [2.24, 2.45) is 5.73 Å². The van der Waals surface area contributed by atoms with E-state index in [0.29, 0.717) is 6.04 Å². The second-order valence-corrected chi connectivity index (χ2v) is 4.27. The molecule has 0 bridgehead atoms. The summed E-state index contributed by atoms with van der Waals surface area (Å²) in [4.78, 5) is 15.7. The minimum absolute atomic E-state index is 0.0551. The molecule has 1 rings (SSSR count). The van der Waals surface area contributed by atoms with Crippen LogP contribution in [0, 0.1) is 0 Å². The summed E-state index contributed by atoms with van der Waals surface area (Å²) < 4.78 is 0. The van der Waals surface area contributed by atoms with Gasteiger partial charge in [-0.2, -0.15) is 0 Å². The topological polar surface area (TPSA) is 49.6 Å². The third-order valence-electron chi connectivity index (χ3n) is 2.97. The number of likely N-dealkylation sites (N-methyl/N-ethyl adjacent to an activating group) is 1. The zero-order valence-electron chi connectivity index (χ0n) is 9.36. The van der Waals surface area contributed by atoms with E-state index in [4.69, 9.17) is 5.73 Å². The highest BCUT2D eigenvalue weighted by molar-refractivity contribution is 5.81. The van der Waals surface area contributed by atoms with Gasteiger partial charge in [-0.3, -0.25) is 4.79 Å². The molecule has 1 saturated heterocycles. The van der Waals surface area contributed by atoms with E-state index >= 15 is 0 Å². The van der Waals surface area contributed by atoms with Crippen molar-refractivity contribution < 1.29 is 4.79 Å². The Bertz CT molecular complexity index is 198. The Morgan fingerprint density at radius 2 is 2.00 bits per heavy atom. The number of hydrogen-bond donors (Lipinski definition) is 1. The van der Waals surface area contributed by atoms with Gasteiger partial charge in [-0.25, -0.2) is 0 Å². The van der Waals surface area contributed by atoms with Crippen molar-refractivity contribution in [1.29, 1.82) is 0 Å². The summed E-state index contributed by atoms with van der Waals surface area (Å²) in [5.41, 5.74) is 5.57. The van der Waals surface area contributed by atoms with Gasteiger partial charge in [-0.15, -0.1) is 0 Å². The van der Waals surface area contributed by atoms with E-state index in [1.165, 1.54) is 0 Å². The lowest BCUT2D eigenvalue weighted by Crippen LogP contribution is -2.49. The molecule has 4 heteroatoms. The molecule has 1 aliphatic heterocycles. The fourth-order valence-electron chi connectivity index (χ4n) is 1.88. The predicted octanol–water partition coefficient (Wildman–Crippen LogP) is -0.114. The van der Waals surface area contributed by atoms with E-state index in [1.807, 2.05) is 11.9 Å². The van der Waals surface area contributed by atoms with Crippen molar-refractivity contribution in [1.82, 2.24) is 9.80 Å². The van der Waals surface area contributed by atoms with Crippen LogP contribution < -0.4 is 5.73 Å². The zero-order chi connectivity index (χ0) is 10.7. The van der Waals surface area contributed by atoms with Gasteiger partial charge in [-0.1, -0.05) is 0 Å². The number of carbonyl (C=O) groups is 1. The third-order valence-corrected chi connectivity index (χ3v) is 2.97. The number of nitrogens with zero attached hydrogens (tertiary/aromatic N) is 2. The summed E-state index contributed by atoms with van der Waals surface area (Å²) in [5.74, 6) is 0.0551. The second-order valence-electron chi connectivity index (χ2n) is 4.27. The molecular weight excluding hydrogens is 178 g/mol. The smallest absolute Gasteiger partial charge is 0.239 e. The Balaban J connectivity index is 2.45. The van der Waals surface area contributed by atoms with Gasteiger partial charge in [0.25, 0.3) is 0 Å². The molecule has 1 unspecified atom stereocenters. The van der Waals surface area contributed by atoms with Gasteiger partial charge in [0.2, 0.25) is 5.91 Å². The Morgan fingerprint density at radius 3 is 2.43 bits per heavy atom. The fourth-order valence-corrected chi connectivity index (χ4v) is 1.88. The van der Waals surface area contributed by atoms with Crippen LogP contribution in [0.4, 0.5) is 0 Å².